The van der Waals surface area contributed by atoms with E-state index in [9.17, 15) is 23.9 Å². The minimum absolute atomic E-state index is 0.0681. The van der Waals surface area contributed by atoms with Gasteiger partial charge in [0.15, 0.2) is 0 Å². The van der Waals surface area contributed by atoms with E-state index < -0.39 is 44.9 Å². The third-order valence-electron chi connectivity index (χ3n) is 2.67. The van der Waals surface area contributed by atoms with E-state index in [1.165, 1.54) is 20.8 Å². The Kier molecular flexibility index (Phi) is 7.40. The predicted octanol–water partition coefficient (Wildman–Crippen LogP) is 0.298. The summed E-state index contributed by atoms with van der Waals surface area (Å²) < 4.78 is 32.3. The molecule has 0 aromatic rings. The molecule has 0 spiro atoms. The van der Waals surface area contributed by atoms with Crippen molar-refractivity contribution in [2.45, 2.75) is 38.7 Å². The Morgan fingerprint density at radius 1 is 1.18 bits per heavy atom. The van der Waals surface area contributed by atoms with Crippen LogP contribution in [0, 0.1) is 5.41 Å². The molecule has 0 saturated carbocycles. The van der Waals surface area contributed by atoms with Crippen molar-refractivity contribution in [3.05, 3.63) is 0 Å². The summed E-state index contributed by atoms with van der Waals surface area (Å²) >= 11 is 0. The Labute approximate surface area is 128 Å². The van der Waals surface area contributed by atoms with Crippen LogP contribution in [0.4, 0.5) is 0 Å². The number of nitrogens with two attached hydrogens (primary N) is 1. The second kappa shape index (κ2) is 7.51. The number of ether oxygens (including phenoxy) is 1. The maximum atomic E-state index is 12.0. The van der Waals surface area contributed by atoms with Crippen LogP contribution in [0.1, 0.15) is 33.6 Å². The van der Waals surface area contributed by atoms with Crippen molar-refractivity contribution < 1.29 is 43.0 Å². The highest BCUT2D eigenvalue weighted by molar-refractivity contribution is 7.72. The number of aliphatic hydroxyl groups is 1. The van der Waals surface area contributed by atoms with E-state index in [2.05, 4.69) is 9.26 Å². The number of hydrogen-bond acceptors (Lipinski definition) is 7. The highest BCUT2D eigenvalue weighted by atomic mass is 31.2. The number of rotatable bonds is 8. The summed E-state index contributed by atoms with van der Waals surface area (Å²) in [5.41, 5.74) is 4.26. The molecule has 2 atom stereocenters. The van der Waals surface area contributed by atoms with Gasteiger partial charge < -0.3 is 30.3 Å². The van der Waals surface area contributed by atoms with Gasteiger partial charge in [-0.2, -0.15) is 0 Å². The van der Waals surface area contributed by atoms with Crippen LogP contribution in [-0.2, 0) is 23.2 Å². The first-order valence-electron chi connectivity index (χ1n) is 6.32. The van der Waals surface area contributed by atoms with Gasteiger partial charge in [0.25, 0.3) is 5.08 Å². The molecule has 0 rings (SSSR count). The van der Waals surface area contributed by atoms with Crippen molar-refractivity contribution in [3.8, 4) is 0 Å². The summed E-state index contributed by atoms with van der Waals surface area (Å²) in [6, 6.07) is 0. The molecular weight excluding hydrogens is 340 g/mol. The third-order valence-corrected chi connectivity index (χ3v) is 6.95. The van der Waals surface area contributed by atoms with Crippen LogP contribution in [0.5, 0.6) is 0 Å². The Balaban J connectivity index is 5.04. The van der Waals surface area contributed by atoms with E-state index in [0.29, 0.717) is 0 Å². The molecule has 132 valence electrons. The van der Waals surface area contributed by atoms with Gasteiger partial charge in [-0.3, -0.25) is 18.4 Å². The Hall–Kier alpha value is -0.310. The molecule has 0 fully saturated rings. The van der Waals surface area contributed by atoms with Gasteiger partial charge in [0.1, 0.15) is 0 Å². The average molecular weight is 363 g/mol. The molecule has 10 nitrogen and oxygen atoms in total. The summed E-state index contributed by atoms with van der Waals surface area (Å²) in [6.07, 6.45) is -0.883. The maximum Gasteiger partial charge on any atom is 0.374 e. The number of carbonyl (C=O) groups excluding carboxylic acids is 1. The van der Waals surface area contributed by atoms with Crippen LogP contribution in [-0.4, -0.2) is 44.2 Å². The molecule has 2 unspecified atom stereocenters. The van der Waals surface area contributed by atoms with E-state index in [-0.39, 0.29) is 13.0 Å². The third kappa shape index (κ3) is 5.40. The smallest absolute Gasteiger partial charge is 0.374 e. The normalized spacial score (nSPS) is 18.4. The monoisotopic (exact) mass is 363 g/mol. The van der Waals surface area contributed by atoms with Gasteiger partial charge in [0.2, 0.25) is 6.79 Å². The van der Waals surface area contributed by atoms with Crippen LogP contribution < -0.4 is 5.73 Å². The number of esters is 1. The van der Waals surface area contributed by atoms with Gasteiger partial charge in [0, 0.05) is 6.42 Å². The van der Waals surface area contributed by atoms with E-state index in [1.807, 2.05) is 0 Å². The Morgan fingerprint density at radius 2 is 1.68 bits per heavy atom. The van der Waals surface area contributed by atoms with Crippen LogP contribution in [0.2, 0.25) is 0 Å². The SMILES string of the molecule is CC(C)(C)C(=O)OCOP(=O)(O)C(O)(CCCN)P(=O)(O)O. The summed E-state index contributed by atoms with van der Waals surface area (Å²) in [6.45, 7) is 3.49. The standard InChI is InChI=1S/C10H23NO9P2/c1-9(2,3)8(12)19-7-20-22(17,18)10(13,5-4-6-11)21(14,15)16/h13H,4-7,11H2,1-3H3,(H,17,18)(H2,14,15,16). The van der Waals surface area contributed by atoms with Crippen molar-refractivity contribution in [2.75, 3.05) is 13.3 Å². The first-order chi connectivity index (χ1) is 9.69. The molecule has 0 aliphatic rings. The van der Waals surface area contributed by atoms with E-state index >= 15 is 0 Å². The minimum Gasteiger partial charge on any atom is -0.438 e. The largest absolute Gasteiger partial charge is 0.438 e. The maximum absolute atomic E-state index is 12.0. The molecule has 0 aliphatic heterocycles. The van der Waals surface area contributed by atoms with E-state index in [1.54, 1.807) is 0 Å². The lowest BCUT2D eigenvalue weighted by atomic mass is 9.98. The van der Waals surface area contributed by atoms with Gasteiger partial charge in [0.05, 0.1) is 5.41 Å². The van der Waals surface area contributed by atoms with Gasteiger partial charge in [-0.15, -0.1) is 0 Å². The van der Waals surface area contributed by atoms with Gasteiger partial charge in [-0.1, -0.05) is 0 Å². The Morgan fingerprint density at radius 3 is 2.05 bits per heavy atom. The topological polar surface area (TPSA) is 177 Å². The molecule has 0 saturated heterocycles. The van der Waals surface area contributed by atoms with E-state index in [0.717, 1.165) is 0 Å². The molecule has 0 aliphatic carbocycles. The second-order valence-corrected chi connectivity index (χ2v) is 9.88. The minimum atomic E-state index is -5.41. The first kappa shape index (κ1) is 21.7. The second-order valence-electron chi connectivity index (χ2n) is 5.66. The van der Waals surface area contributed by atoms with Crippen molar-refractivity contribution in [1.82, 2.24) is 0 Å². The molecule has 0 amide bonds. The van der Waals surface area contributed by atoms with Crippen LogP contribution >= 0.6 is 15.2 Å². The van der Waals surface area contributed by atoms with Crippen LogP contribution in [0.25, 0.3) is 0 Å². The molecule has 0 radical (unpaired) electrons. The number of carbonyl (C=O) groups is 1. The average Bonchev–Trinajstić information content (AvgIpc) is 2.32. The zero-order valence-electron chi connectivity index (χ0n) is 12.6. The number of hydrogen-bond donors (Lipinski definition) is 5. The first-order valence-corrected chi connectivity index (χ1v) is 9.51. The molecule has 22 heavy (non-hydrogen) atoms. The highest BCUT2D eigenvalue weighted by Gasteiger charge is 2.60. The van der Waals surface area contributed by atoms with Crippen molar-refractivity contribution in [3.63, 3.8) is 0 Å². The van der Waals surface area contributed by atoms with Crippen molar-refractivity contribution >= 4 is 21.2 Å². The quantitative estimate of drug-likeness (QED) is 0.229. The predicted molar refractivity (Wildman–Crippen MR) is 76.6 cm³/mol. The lowest BCUT2D eigenvalue weighted by Crippen LogP contribution is -2.31. The lowest BCUT2D eigenvalue weighted by Gasteiger charge is -2.31. The molecule has 12 heteroatoms. The van der Waals surface area contributed by atoms with Crippen LogP contribution in [0.15, 0.2) is 0 Å². The van der Waals surface area contributed by atoms with Crippen molar-refractivity contribution in [1.29, 1.82) is 0 Å². The van der Waals surface area contributed by atoms with E-state index in [4.69, 9.17) is 15.5 Å². The van der Waals surface area contributed by atoms with Crippen molar-refractivity contribution in [2.24, 2.45) is 11.1 Å². The van der Waals surface area contributed by atoms with Gasteiger partial charge in [-0.25, -0.2) is 0 Å². The van der Waals surface area contributed by atoms with Gasteiger partial charge in [-0.05, 0) is 33.7 Å². The summed E-state index contributed by atoms with van der Waals surface area (Å²) in [7, 11) is -10.6. The lowest BCUT2D eigenvalue weighted by molar-refractivity contribution is -0.160. The van der Waals surface area contributed by atoms with Crippen LogP contribution in [0.3, 0.4) is 0 Å². The summed E-state index contributed by atoms with van der Waals surface area (Å²) in [5.74, 6) is -0.755. The Bertz CT molecular complexity index is 483. The zero-order chi connectivity index (χ0) is 17.8. The molecule has 0 aromatic carbocycles. The molecule has 6 N–H and O–H groups in total. The zero-order valence-corrected chi connectivity index (χ0v) is 14.4. The molecule has 0 bridgehead atoms. The summed E-state index contributed by atoms with van der Waals surface area (Å²) in [4.78, 5) is 39.4. The highest BCUT2D eigenvalue weighted by Crippen LogP contribution is 2.71. The fourth-order valence-corrected chi connectivity index (χ4v) is 4.04. The summed E-state index contributed by atoms with van der Waals surface area (Å²) in [5, 5.41) is 6.62. The molecule has 0 heterocycles. The molecule has 0 aromatic heterocycles. The van der Waals surface area contributed by atoms with Gasteiger partial charge >= 0.3 is 21.2 Å². The fourth-order valence-electron chi connectivity index (χ4n) is 1.26. The fraction of sp³-hybridized carbons (Fsp3) is 0.900. The molecular formula is C10H23NO9P2.